The summed E-state index contributed by atoms with van der Waals surface area (Å²) in [5.74, 6) is -0.592. The van der Waals surface area contributed by atoms with Crippen LogP contribution in [0.4, 0.5) is 4.39 Å². The lowest BCUT2D eigenvalue weighted by Gasteiger charge is -2.14. The first kappa shape index (κ1) is 21.7. The number of ether oxygens (including phenoxy) is 1. The normalized spacial score (nSPS) is 11.0. The molecule has 1 aromatic heterocycles. The van der Waals surface area contributed by atoms with Gasteiger partial charge in [0.1, 0.15) is 23.7 Å². The zero-order valence-corrected chi connectivity index (χ0v) is 17.0. The Balaban J connectivity index is 1.98. The number of aromatic nitrogens is 1. The van der Waals surface area contributed by atoms with E-state index in [0.717, 1.165) is 22.1 Å². The number of fused-ring (bicyclic) bond motifs is 1. The Morgan fingerprint density at radius 3 is 2.57 bits per heavy atom. The molecule has 0 aliphatic heterocycles. The fourth-order valence-electron chi connectivity index (χ4n) is 3.23. The second kappa shape index (κ2) is 10.1. The number of aromatic hydroxyl groups is 1. The van der Waals surface area contributed by atoms with Gasteiger partial charge in [0.15, 0.2) is 0 Å². The SMILES string of the molecule is CCOOCc1cc(CCC(=O)OC)c2cc(Cc3ccc(F)cc3)cnc2c1O. The summed E-state index contributed by atoms with van der Waals surface area (Å²) in [5, 5.41) is 11.4. The molecule has 0 radical (unpaired) electrons. The lowest BCUT2D eigenvalue weighted by Crippen LogP contribution is -2.04. The van der Waals surface area contributed by atoms with Crippen LogP contribution in [0.15, 0.2) is 42.6 Å². The van der Waals surface area contributed by atoms with Crippen LogP contribution in [0.1, 0.15) is 35.6 Å². The Bertz CT molecular complexity index is 1020. The number of rotatable bonds is 9. The average molecular weight is 413 g/mol. The van der Waals surface area contributed by atoms with Crippen molar-refractivity contribution in [2.45, 2.75) is 32.8 Å². The van der Waals surface area contributed by atoms with Gasteiger partial charge in [-0.1, -0.05) is 12.1 Å². The van der Waals surface area contributed by atoms with Crippen molar-refractivity contribution < 1.29 is 28.8 Å². The van der Waals surface area contributed by atoms with Gasteiger partial charge >= 0.3 is 5.97 Å². The quantitative estimate of drug-likeness (QED) is 0.245. The molecule has 3 aromatic rings. The number of nitrogens with zero attached hydrogens (tertiary/aromatic N) is 1. The van der Waals surface area contributed by atoms with Crippen LogP contribution >= 0.6 is 0 Å². The van der Waals surface area contributed by atoms with E-state index in [1.54, 1.807) is 31.3 Å². The molecule has 3 rings (SSSR count). The molecule has 0 bridgehead atoms. The third-order valence-corrected chi connectivity index (χ3v) is 4.73. The summed E-state index contributed by atoms with van der Waals surface area (Å²) in [7, 11) is 1.35. The third-order valence-electron chi connectivity index (χ3n) is 4.73. The summed E-state index contributed by atoms with van der Waals surface area (Å²) < 4.78 is 17.9. The molecule has 0 saturated heterocycles. The molecular formula is C23H24FNO5. The van der Waals surface area contributed by atoms with Gasteiger partial charge in [0, 0.05) is 23.6 Å². The Labute approximate surface area is 174 Å². The van der Waals surface area contributed by atoms with E-state index in [-0.39, 0.29) is 30.6 Å². The second-order valence-corrected chi connectivity index (χ2v) is 6.83. The van der Waals surface area contributed by atoms with E-state index in [2.05, 4.69) is 4.98 Å². The van der Waals surface area contributed by atoms with E-state index in [4.69, 9.17) is 14.5 Å². The zero-order valence-electron chi connectivity index (χ0n) is 17.0. The van der Waals surface area contributed by atoms with Crippen LogP contribution in [0.3, 0.4) is 0 Å². The maximum absolute atomic E-state index is 13.2. The Morgan fingerprint density at radius 1 is 1.10 bits per heavy atom. The Hall–Kier alpha value is -3.03. The smallest absolute Gasteiger partial charge is 0.305 e. The first-order valence-corrected chi connectivity index (χ1v) is 9.69. The lowest BCUT2D eigenvalue weighted by molar-refractivity contribution is -0.300. The van der Waals surface area contributed by atoms with E-state index >= 15 is 0 Å². The van der Waals surface area contributed by atoms with Crippen LogP contribution in [0.25, 0.3) is 10.9 Å². The largest absolute Gasteiger partial charge is 0.505 e. The molecule has 0 atom stereocenters. The topological polar surface area (TPSA) is 77.9 Å². The molecule has 0 spiro atoms. The van der Waals surface area contributed by atoms with Gasteiger partial charge in [0.2, 0.25) is 0 Å². The van der Waals surface area contributed by atoms with Gasteiger partial charge in [-0.05, 0) is 60.7 Å². The molecule has 0 aliphatic rings. The monoisotopic (exact) mass is 413 g/mol. The number of carbonyl (C=O) groups excluding carboxylic acids is 1. The summed E-state index contributed by atoms with van der Waals surface area (Å²) in [6, 6.07) is 10.0. The minimum atomic E-state index is -0.321. The molecule has 2 aromatic carbocycles. The number of pyridine rings is 1. The van der Waals surface area contributed by atoms with E-state index in [1.807, 2.05) is 6.07 Å². The molecule has 0 saturated carbocycles. The predicted octanol–water partition coefficient (Wildman–Crippen LogP) is 4.24. The Kier molecular flexibility index (Phi) is 7.32. The molecule has 0 unspecified atom stereocenters. The van der Waals surface area contributed by atoms with Crippen LogP contribution in [0.2, 0.25) is 0 Å². The van der Waals surface area contributed by atoms with E-state index < -0.39 is 0 Å². The van der Waals surface area contributed by atoms with Gasteiger partial charge in [0.25, 0.3) is 0 Å². The van der Waals surface area contributed by atoms with Crippen LogP contribution in [0, 0.1) is 5.82 Å². The van der Waals surface area contributed by atoms with Crippen molar-refractivity contribution >= 4 is 16.9 Å². The molecule has 0 amide bonds. The highest BCUT2D eigenvalue weighted by molar-refractivity contribution is 5.89. The fourth-order valence-corrected chi connectivity index (χ4v) is 3.23. The van der Waals surface area contributed by atoms with Crippen LogP contribution in [0.5, 0.6) is 5.75 Å². The molecule has 30 heavy (non-hydrogen) atoms. The molecule has 0 fully saturated rings. The fraction of sp³-hybridized carbons (Fsp3) is 0.304. The minimum Gasteiger partial charge on any atom is -0.505 e. The summed E-state index contributed by atoms with van der Waals surface area (Å²) in [5.41, 5.74) is 3.65. The first-order chi connectivity index (χ1) is 14.5. The third kappa shape index (κ3) is 5.31. The number of phenols is 1. The van der Waals surface area contributed by atoms with Crippen molar-refractivity contribution in [3.05, 3.63) is 70.7 Å². The Morgan fingerprint density at radius 2 is 1.87 bits per heavy atom. The van der Waals surface area contributed by atoms with Crippen molar-refractivity contribution in [3.8, 4) is 5.75 Å². The minimum absolute atomic E-state index is 0.0138. The molecule has 7 heteroatoms. The number of methoxy groups -OCH3 is 1. The number of carbonyl (C=O) groups is 1. The van der Waals surface area contributed by atoms with Crippen molar-refractivity contribution in [1.82, 2.24) is 4.98 Å². The standard InChI is InChI=1S/C23H24FNO5/c1-3-29-30-14-18-12-17(6-9-21(26)28-2)20-11-16(13-25-22(20)23(18)27)10-15-4-7-19(24)8-5-15/h4-5,7-8,11-13,27H,3,6,9-10,14H2,1-2H3. The van der Waals surface area contributed by atoms with Crippen molar-refractivity contribution in [3.63, 3.8) is 0 Å². The number of phenolic OH excluding ortho intramolecular Hbond substituents is 1. The highest BCUT2D eigenvalue weighted by Gasteiger charge is 2.15. The summed E-state index contributed by atoms with van der Waals surface area (Å²) in [4.78, 5) is 26.1. The van der Waals surface area contributed by atoms with Crippen molar-refractivity contribution in [2.75, 3.05) is 13.7 Å². The van der Waals surface area contributed by atoms with E-state index in [9.17, 15) is 14.3 Å². The zero-order chi connectivity index (χ0) is 21.5. The molecular weight excluding hydrogens is 389 g/mol. The van der Waals surface area contributed by atoms with Gasteiger partial charge < -0.3 is 9.84 Å². The van der Waals surface area contributed by atoms with Crippen molar-refractivity contribution in [1.29, 1.82) is 0 Å². The molecule has 1 N–H and O–H groups in total. The van der Waals surface area contributed by atoms with Gasteiger partial charge in [-0.25, -0.2) is 14.2 Å². The average Bonchev–Trinajstić information content (AvgIpc) is 2.76. The van der Waals surface area contributed by atoms with Crippen LogP contribution in [-0.2, 0) is 38.8 Å². The lowest BCUT2D eigenvalue weighted by atomic mass is 9.97. The maximum atomic E-state index is 13.2. The molecule has 158 valence electrons. The van der Waals surface area contributed by atoms with E-state index in [1.165, 1.54) is 19.2 Å². The molecule has 0 aliphatic carbocycles. The summed E-state index contributed by atoms with van der Waals surface area (Å²) in [6.07, 6.45) is 2.87. The summed E-state index contributed by atoms with van der Waals surface area (Å²) >= 11 is 0. The van der Waals surface area contributed by atoms with Crippen LogP contribution < -0.4 is 0 Å². The molecule has 1 heterocycles. The highest BCUT2D eigenvalue weighted by atomic mass is 19.1. The van der Waals surface area contributed by atoms with Gasteiger partial charge in [-0.15, -0.1) is 0 Å². The van der Waals surface area contributed by atoms with Crippen LogP contribution in [-0.4, -0.2) is 29.8 Å². The van der Waals surface area contributed by atoms with Crippen molar-refractivity contribution in [2.24, 2.45) is 0 Å². The number of esters is 1. The summed E-state index contributed by atoms with van der Waals surface area (Å²) in [6.45, 7) is 2.24. The number of hydrogen-bond acceptors (Lipinski definition) is 6. The van der Waals surface area contributed by atoms with Gasteiger partial charge in [-0.2, -0.15) is 0 Å². The van der Waals surface area contributed by atoms with Gasteiger partial charge in [-0.3, -0.25) is 9.78 Å². The highest BCUT2D eigenvalue weighted by Crippen LogP contribution is 2.32. The predicted molar refractivity (Wildman–Crippen MR) is 109 cm³/mol. The molecule has 6 nitrogen and oxygen atoms in total. The number of hydrogen-bond donors (Lipinski definition) is 1. The number of aryl methyl sites for hydroxylation is 1. The van der Waals surface area contributed by atoms with E-state index in [0.29, 0.717) is 30.5 Å². The second-order valence-electron chi connectivity index (χ2n) is 6.83. The number of halogens is 1. The maximum Gasteiger partial charge on any atom is 0.305 e. The van der Waals surface area contributed by atoms with Gasteiger partial charge in [0.05, 0.1) is 13.7 Å². The number of benzene rings is 2. The first-order valence-electron chi connectivity index (χ1n) is 9.69.